The number of carbonyl (C=O) groups excluding carboxylic acids is 2. The van der Waals surface area contributed by atoms with E-state index in [1.165, 1.54) is 0 Å². The Balaban J connectivity index is 1.96. The van der Waals surface area contributed by atoms with Crippen molar-refractivity contribution in [2.24, 2.45) is 0 Å². The van der Waals surface area contributed by atoms with Gasteiger partial charge in [0.2, 0.25) is 5.91 Å². The van der Waals surface area contributed by atoms with E-state index in [0.29, 0.717) is 31.7 Å². The molecule has 1 aliphatic rings. The fourth-order valence-corrected chi connectivity index (χ4v) is 2.45. The predicted molar refractivity (Wildman–Crippen MR) is 85.9 cm³/mol. The standard InChI is InChI=1S/C17H24N2O3/c1-3-4-5-16(20)18-15-8-6-14(7-9-15)17(21)19-10-11-22-12-13(19)2/h6-9,13H,3-5,10-12H2,1-2H3,(H,18,20). The van der Waals surface area contributed by atoms with E-state index < -0.39 is 0 Å². The molecular formula is C17H24N2O3. The minimum absolute atomic E-state index is 0.0136. The Morgan fingerprint density at radius 1 is 1.32 bits per heavy atom. The zero-order valence-corrected chi connectivity index (χ0v) is 13.3. The minimum atomic E-state index is 0.0136. The molecule has 22 heavy (non-hydrogen) atoms. The van der Waals surface area contributed by atoms with Crippen LogP contribution in [0.25, 0.3) is 0 Å². The summed E-state index contributed by atoms with van der Waals surface area (Å²) in [5, 5.41) is 2.85. The van der Waals surface area contributed by atoms with Crippen LogP contribution >= 0.6 is 0 Å². The van der Waals surface area contributed by atoms with Crippen molar-refractivity contribution in [3.05, 3.63) is 29.8 Å². The molecule has 1 aliphatic heterocycles. The second-order valence-electron chi connectivity index (χ2n) is 5.65. The van der Waals surface area contributed by atoms with Gasteiger partial charge < -0.3 is 15.0 Å². The van der Waals surface area contributed by atoms with Crippen molar-refractivity contribution in [3.63, 3.8) is 0 Å². The highest BCUT2D eigenvalue weighted by molar-refractivity contribution is 5.96. The first-order valence-corrected chi connectivity index (χ1v) is 7.90. The number of hydrogen-bond donors (Lipinski definition) is 1. The number of nitrogens with zero attached hydrogens (tertiary/aromatic N) is 1. The molecule has 1 unspecified atom stereocenters. The molecule has 2 amide bonds. The highest BCUT2D eigenvalue weighted by Crippen LogP contribution is 2.15. The monoisotopic (exact) mass is 304 g/mol. The predicted octanol–water partition coefficient (Wildman–Crippen LogP) is 2.68. The number of nitrogens with one attached hydrogen (secondary N) is 1. The summed E-state index contributed by atoms with van der Waals surface area (Å²) in [7, 11) is 0. The quantitative estimate of drug-likeness (QED) is 0.910. The molecule has 1 fully saturated rings. The summed E-state index contributed by atoms with van der Waals surface area (Å²) in [5.41, 5.74) is 1.37. The summed E-state index contributed by atoms with van der Waals surface area (Å²) in [6.07, 6.45) is 2.42. The van der Waals surface area contributed by atoms with Crippen LogP contribution in [0.3, 0.4) is 0 Å². The fourth-order valence-electron chi connectivity index (χ4n) is 2.45. The Morgan fingerprint density at radius 3 is 2.68 bits per heavy atom. The molecule has 0 bridgehead atoms. The molecule has 0 radical (unpaired) electrons. The normalized spacial score (nSPS) is 18.1. The van der Waals surface area contributed by atoms with Gasteiger partial charge in [-0.25, -0.2) is 0 Å². The number of hydrogen-bond acceptors (Lipinski definition) is 3. The molecule has 5 heteroatoms. The number of amides is 2. The lowest BCUT2D eigenvalue weighted by Crippen LogP contribution is -2.47. The van der Waals surface area contributed by atoms with Crippen molar-refractivity contribution >= 4 is 17.5 Å². The second-order valence-corrected chi connectivity index (χ2v) is 5.65. The van der Waals surface area contributed by atoms with E-state index in [4.69, 9.17) is 4.74 Å². The Bertz CT molecular complexity index is 513. The number of unbranched alkanes of at least 4 members (excludes halogenated alkanes) is 1. The van der Waals surface area contributed by atoms with Gasteiger partial charge in [-0.05, 0) is 37.6 Å². The number of ether oxygens (including phenoxy) is 1. The first kappa shape index (κ1) is 16.5. The maximum Gasteiger partial charge on any atom is 0.254 e. The SMILES string of the molecule is CCCCC(=O)Nc1ccc(C(=O)N2CCOCC2C)cc1. The summed E-state index contributed by atoms with van der Waals surface area (Å²) in [4.78, 5) is 26.0. The van der Waals surface area contributed by atoms with E-state index in [1.807, 2.05) is 11.8 Å². The highest BCUT2D eigenvalue weighted by atomic mass is 16.5. The first-order chi connectivity index (χ1) is 10.6. The van der Waals surface area contributed by atoms with Gasteiger partial charge in [-0.2, -0.15) is 0 Å². The molecule has 1 aromatic carbocycles. The molecule has 1 saturated heterocycles. The van der Waals surface area contributed by atoms with Gasteiger partial charge in [-0.1, -0.05) is 13.3 Å². The van der Waals surface area contributed by atoms with Crippen LogP contribution in [0, 0.1) is 0 Å². The third-order valence-corrected chi connectivity index (χ3v) is 3.80. The zero-order valence-electron chi connectivity index (χ0n) is 13.3. The summed E-state index contributed by atoms with van der Waals surface area (Å²) < 4.78 is 5.35. The molecule has 1 aromatic rings. The number of benzene rings is 1. The van der Waals surface area contributed by atoms with Crippen LogP contribution < -0.4 is 5.32 Å². The van der Waals surface area contributed by atoms with Crippen molar-refractivity contribution in [3.8, 4) is 0 Å². The van der Waals surface area contributed by atoms with Crippen molar-refractivity contribution in [1.29, 1.82) is 0 Å². The first-order valence-electron chi connectivity index (χ1n) is 7.90. The Kier molecular flexibility index (Phi) is 5.95. The largest absolute Gasteiger partial charge is 0.377 e. The number of morpholine rings is 1. The Labute approximate surface area is 131 Å². The van der Waals surface area contributed by atoms with E-state index in [-0.39, 0.29) is 17.9 Å². The molecule has 5 nitrogen and oxygen atoms in total. The van der Waals surface area contributed by atoms with Gasteiger partial charge in [-0.3, -0.25) is 9.59 Å². The number of rotatable bonds is 5. The molecule has 1 atom stereocenters. The van der Waals surface area contributed by atoms with Gasteiger partial charge >= 0.3 is 0 Å². The van der Waals surface area contributed by atoms with Gasteiger partial charge in [0.25, 0.3) is 5.91 Å². The van der Waals surface area contributed by atoms with E-state index in [1.54, 1.807) is 24.3 Å². The van der Waals surface area contributed by atoms with Crippen molar-refractivity contribution in [1.82, 2.24) is 4.90 Å². The van der Waals surface area contributed by atoms with Gasteiger partial charge in [0.1, 0.15) is 0 Å². The van der Waals surface area contributed by atoms with Crippen molar-refractivity contribution in [2.75, 3.05) is 25.1 Å². The Morgan fingerprint density at radius 2 is 2.05 bits per heavy atom. The number of anilines is 1. The highest BCUT2D eigenvalue weighted by Gasteiger charge is 2.24. The molecule has 0 saturated carbocycles. The summed E-state index contributed by atoms with van der Waals surface area (Å²) in [6.45, 7) is 5.83. The second kappa shape index (κ2) is 7.94. The fraction of sp³-hybridized carbons (Fsp3) is 0.529. The summed E-state index contributed by atoms with van der Waals surface area (Å²) in [5.74, 6) is 0.0300. The lowest BCUT2D eigenvalue weighted by Gasteiger charge is -2.33. The molecular weight excluding hydrogens is 280 g/mol. The molecule has 1 heterocycles. The molecule has 0 aromatic heterocycles. The molecule has 120 valence electrons. The van der Waals surface area contributed by atoms with Gasteiger partial charge in [0.15, 0.2) is 0 Å². The maximum absolute atomic E-state index is 12.5. The van der Waals surface area contributed by atoms with Gasteiger partial charge in [0.05, 0.1) is 19.3 Å². The van der Waals surface area contributed by atoms with Crippen molar-refractivity contribution in [2.45, 2.75) is 39.2 Å². The average Bonchev–Trinajstić information content (AvgIpc) is 2.53. The smallest absolute Gasteiger partial charge is 0.254 e. The molecule has 2 rings (SSSR count). The van der Waals surface area contributed by atoms with E-state index >= 15 is 0 Å². The van der Waals surface area contributed by atoms with E-state index in [0.717, 1.165) is 18.5 Å². The van der Waals surface area contributed by atoms with E-state index in [2.05, 4.69) is 12.2 Å². The van der Waals surface area contributed by atoms with Crippen LogP contribution in [-0.2, 0) is 9.53 Å². The average molecular weight is 304 g/mol. The summed E-state index contributed by atoms with van der Waals surface area (Å²) in [6, 6.07) is 7.18. The lowest BCUT2D eigenvalue weighted by atomic mass is 10.1. The van der Waals surface area contributed by atoms with Crippen LogP contribution in [-0.4, -0.2) is 42.5 Å². The molecule has 0 aliphatic carbocycles. The van der Waals surface area contributed by atoms with Crippen LogP contribution in [0.2, 0.25) is 0 Å². The summed E-state index contributed by atoms with van der Waals surface area (Å²) >= 11 is 0. The van der Waals surface area contributed by atoms with Crippen LogP contribution in [0.15, 0.2) is 24.3 Å². The Hall–Kier alpha value is -1.88. The molecule has 0 spiro atoms. The van der Waals surface area contributed by atoms with Gasteiger partial charge in [-0.15, -0.1) is 0 Å². The van der Waals surface area contributed by atoms with Crippen molar-refractivity contribution < 1.29 is 14.3 Å². The maximum atomic E-state index is 12.5. The minimum Gasteiger partial charge on any atom is -0.377 e. The number of carbonyl (C=O) groups is 2. The van der Waals surface area contributed by atoms with Crippen LogP contribution in [0.5, 0.6) is 0 Å². The van der Waals surface area contributed by atoms with Crippen LogP contribution in [0.4, 0.5) is 5.69 Å². The lowest BCUT2D eigenvalue weighted by molar-refractivity contribution is -0.116. The van der Waals surface area contributed by atoms with Gasteiger partial charge in [0, 0.05) is 24.2 Å². The molecule has 1 N–H and O–H groups in total. The van der Waals surface area contributed by atoms with Crippen LogP contribution in [0.1, 0.15) is 43.5 Å². The topological polar surface area (TPSA) is 58.6 Å². The zero-order chi connectivity index (χ0) is 15.9. The third-order valence-electron chi connectivity index (χ3n) is 3.80. The third kappa shape index (κ3) is 4.31. The van der Waals surface area contributed by atoms with E-state index in [9.17, 15) is 9.59 Å².